The average molecular weight is 258 g/mol. The van der Waals surface area contributed by atoms with E-state index in [1.165, 1.54) is 0 Å². The van der Waals surface area contributed by atoms with E-state index in [2.05, 4.69) is 12.1 Å². The maximum atomic E-state index is 12.2. The fraction of sp³-hybridized carbons (Fsp3) is 0.333. The molecule has 0 spiro atoms. The Hall–Kier alpha value is -2.10. The van der Waals surface area contributed by atoms with Crippen LogP contribution in [-0.2, 0) is 13.0 Å². The quantitative estimate of drug-likeness (QED) is 0.828. The van der Waals surface area contributed by atoms with Crippen molar-refractivity contribution in [1.29, 1.82) is 0 Å². The third-order valence-electron chi connectivity index (χ3n) is 2.88. The number of nitrogens with zero attached hydrogens (tertiary/aromatic N) is 2. The molecule has 0 saturated carbocycles. The van der Waals surface area contributed by atoms with E-state index in [1.807, 2.05) is 30.3 Å². The van der Waals surface area contributed by atoms with Crippen molar-refractivity contribution in [1.82, 2.24) is 10.1 Å². The zero-order valence-electron chi connectivity index (χ0n) is 11.3. The first kappa shape index (κ1) is 13.3. The third-order valence-corrected chi connectivity index (χ3v) is 2.88. The molecule has 0 unspecified atom stereocenters. The van der Waals surface area contributed by atoms with Gasteiger partial charge >= 0.3 is 0 Å². The number of rotatable bonds is 5. The lowest BCUT2D eigenvalue weighted by molar-refractivity contribution is 0.0774. The van der Waals surface area contributed by atoms with Gasteiger partial charge < -0.3 is 9.42 Å². The summed E-state index contributed by atoms with van der Waals surface area (Å²) >= 11 is 0. The van der Waals surface area contributed by atoms with Gasteiger partial charge in [-0.25, -0.2) is 0 Å². The lowest BCUT2D eigenvalue weighted by Gasteiger charge is -2.15. The molecule has 0 aliphatic heterocycles. The van der Waals surface area contributed by atoms with Crippen molar-refractivity contribution in [3.8, 4) is 0 Å². The second kappa shape index (κ2) is 6.18. The number of hydrogen-bond donors (Lipinski definition) is 0. The van der Waals surface area contributed by atoms with Gasteiger partial charge in [-0.05, 0) is 12.0 Å². The molecule has 0 N–H and O–H groups in total. The molecular weight excluding hydrogens is 240 g/mol. The minimum absolute atomic E-state index is 0.116. The van der Waals surface area contributed by atoms with Crippen molar-refractivity contribution in [2.45, 2.75) is 26.3 Å². The molecule has 0 aliphatic rings. The first-order valence-electron chi connectivity index (χ1n) is 6.45. The first-order valence-corrected chi connectivity index (χ1v) is 6.45. The summed E-state index contributed by atoms with van der Waals surface area (Å²) in [6.07, 6.45) is 1.78. The number of amides is 1. The molecule has 0 fully saturated rings. The topological polar surface area (TPSA) is 46.3 Å². The van der Waals surface area contributed by atoms with Crippen molar-refractivity contribution in [3.63, 3.8) is 0 Å². The van der Waals surface area contributed by atoms with Crippen LogP contribution in [0.3, 0.4) is 0 Å². The minimum Gasteiger partial charge on any atom is -0.361 e. The van der Waals surface area contributed by atoms with E-state index in [0.717, 1.165) is 24.2 Å². The zero-order chi connectivity index (χ0) is 13.7. The van der Waals surface area contributed by atoms with Gasteiger partial charge in [0.25, 0.3) is 5.91 Å². The molecule has 1 heterocycles. The number of carbonyl (C=O) groups excluding carboxylic acids is 1. The number of benzene rings is 1. The summed E-state index contributed by atoms with van der Waals surface area (Å²) < 4.78 is 5.13. The predicted octanol–water partition coefficient (Wildman–Crippen LogP) is 2.90. The smallest absolute Gasteiger partial charge is 0.276 e. The van der Waals surface area contributed by atoms with E-state index < -0.39 is 0 Å². The van der Waals surface area contributed by atoms with Gasteiger partial charge in [0.1, 0.15) is 5.76 Å². The Morgan fingerprint density at radius 1 is 1.32 bits per heavy atom. The molecule has 4 nitrogen and oxygen atoms in total. The van der Waals surface area contributed by atoms with Crippen molar-refractivity contribution in [3.05, 3.63) is 53.4 Å². The van der Waals surface area contributed by atoms with Gasteiger partial charge in [-0.15, -0.1) is 0 Å². The monoisotopic (exact) mass is 258 g/mol. The highest BCUT2D eigenvalue weighted by Crippen LogP contribution is 2.10. The van der Waals surface area contributed by atoms with Gasteiger partial charge in [0, 0.05) is 26.1 Å². The van der Waals surface area contributed by atoms with Crippen LogP contribution in [-0.4, -0.2) is 23.0 Å². The summed E-state index contributed by atoms with van der Waals surface area (Å²) in [4.78, 5) is 13.8. The van der Waals surface area contributed by atoms with Crippen LogP contribution in [0.15, 0.2) is 40.9 Å². The van der Waals surface area contributed by atoms with Crippen LogP contribution in [0.2, 0.25) is 0 Å². The Morgan fingerprint density at radius 3 is 2.74 bits per heavy atom. The van der Waals surface area contributed by atoms with Crippen LogP contribution in [0.1, 0.15) is 35.2 Å². The summed E-state index contributed by atoms with van der Waals surface area (Å²) in [5.41, 5.74) is 1.47. The highest BCUT2D eigenvalue weighted by atomic mass is 16.5. The highest BCUT2D eigenvalue weighted by Gasteiger charge is 2.16. The number of aromatic nitrogens is 1. The first-order chi connectivity index (χ1) is 9.20. The lowest BCUT2D eigenvalue weighted by atomic mass is 10.2. The Bertz CT molecular complexity index is 534. The predicted molar refractivity (Wildman–Crippen MR) is 72.7 cm³/mol. The average Bonchev–Trinajstić information content (AvgIpc) is 2.88. The molecule has 1 amide bonds. The number of aryl methyl sites for hydroxylation is 1. The summed E-state index contributed by atoms with van der Waals surface area (Å²) in [6, 6.07) is 11.6. The summed E-state index contributed by atoms with van der Waals surface area (Å²) in [5, 5.41) is 3.83. The summed E-state index contributed by atoms with van der Waals surface area (Å²) in [7, 11) is 1.77. The van der Waals surface area contributed by atoms with Crippen molar-refractivity contribution >= 4 is 5.91 Å². The maximum absolute atomic E-state index is 12.2. The van der Waals surface area contributed by atoms with Gasteiger partial charge in [0.2, 0.25) is 0 Å². The summed E-state index contributed by atoms with van der Waals surface area (Å²) in [5.74, 6) is 0.647. The van der Waals surface area contributed by atoms with Gasteiger partial charge in [0.15, 0.2) is 5.69 Å². The summed E-state index contributed by atoms with van der Waals surface area (Å²) in [6.45, 7) is 2.63. The van der Waals surface area contributed by atoms with Crippen LogP contribution < -0.4 is 0 Å². The maximum Gasteiger partial charge on any atom is 0.276 e. The fourth-order valence-corrected chi connectivity index (χ4v) is 1.90. The largest absolute Gasteiger partial charge is 0.361 e. The van der Waals surface area contributed by atoms with Crippen LogP contribution in [0.4, 0.5) is 0 Å². The van der Waals surface area contributed by atoms with Crippen molar-refractivity contribution < 1.29 is 9.32 Å². The number of carbonyl (C=O) groups is 1. The molecule has 1 aromatic heterocycles. The Labute approximate surface area is 113 Å². The lowest BCUT2D eigenvalue weighted by Crippen LogP contribution is -2.26. The van der Waals surface area contributed by atoms with E-state index in [-0.39, 0.29) is 5.91 Å². The normalized spacial score (nSPS) is 10.4. The SMILES string of the molecule is CCCc1cc(C(=O)N(C)Cc2ccccc2)no1. The van der Waals surface area contributed by atoms with Crippen LogP contribution in [0, 0.1) is 0 Å². The molecule has 100 valence electrons. The van der Waals surface area contributed by atoms with Gasteiger partial charge in [-0.2, -0.15) is 0 Å². The Morgan fingerprint density at radius 2 is 2.05 bits per heavy atom. The molecule has 0 bridgehead atoms. The van der Waals surface area contributed by atoms with Crippen LogP contribution in [0.25, 0.3) is 0 Å². The molecule has 0 atom stereocenters. The van der Waals surface area contributed by atoms with Gasteiger partial charge in [0.05, 0.1) is 0 Å². The van der Waals surface area contributed by atoms with E-state index in [0.29, 0.717) is 12.2 Å². The Balaban J connectivity index is 2.02. The minimum atomic E-state index is -0.116. The molecule has 19 heavy (non-hydrogen) atoms. The van der Waals surface area contributed by atoms with Crippen molar-refractivity contribution in [2.24, 2.45) is 0 Å². The van der Waals surface area contributed by atoms with E-state index >= 15 is 0 Å². The van der Waals surface area contributed by atoms with E-state index in [1.54, 1.807) is 18.0 Å². The zero-order valence-corrected chi connectivity index (χ0v) is 11.3. The Kier molecular flexibility index (Phi) is 4.34. The van der Waals surface area contributed by atoms with Crippen molar-refractivity contribution in [2.75, 3.05) is 7.05 Å². The molecular formula is C15H18N2O2. The molecule has 0 aliphatic carbocycles. The van der Waals surface area contributed by atoms with Gasteiger partial charge in [-0.1, -0.05) is 42.4 Å². The van der Waals surface area contributed by atoms with E-state index in [4.69, 9.17) is 4.52 Å². The molecule has 0 saturated heterocycles. The second-order valence-electron chi connectivity index (χ2n) is 4.58. The van der Waals surface area contributed by atoms with Crippen LogP contribution in [0.5, 0.6) is 0 Å². The van der Waals surface area contributed by atoms with E-state index in [9.17, 15) is 4.79 Å². The van der Waals surface area contributed by atoms with Gasteiger partial charge in [-0.3, -0.25) is 4.79 Å². The molecule has 2 aromatic rings. The second-order valence-corrected chi connectivity index (χ2v) is 4.58. The molecule has 0 radical (unpaired) electrons. The standard InChI is InChI=1S/C15H18N2O2/c1-3-7-13-10-14(16-19-13)15(18)17(2)11-12-8-5-4-6-9-12/h4-6,8-10H,3,7,11H2,1-2H3. The number of hydrogen-bond acceptors (Lipinski definition) is 3. The highest BCUT2D eigenvalue weighted by molar-refractivity contribution is 5.92. The molecule has 4 heteroatoms. The fourth-order valence-electron chi connectivity index (χ4n) is 1.90. The molecule has 2 rings (SSSR count). The van der Waals surface area contributed by atoms with Crippen LogP contribution >= 0.6 is 0 Å². The third kappa shape index (κ3) is 3.44. The molecule has 1 aromatic carbocycles.